The maximum absolute atomic E-state index is 12.8. The molecule has 1 atom stereocenters. The summed E-state index contributed by atoms with van der Waals surface area (Å²) in [4.78, 5) is 47.9. The highest BCUT2D eigenvalue weighted by atomic mass is 16.5. The third-order valence-electron chi connectivity index (χ3n) is 7.98. The summed E-state index contributed by atoms with van der Waals surface area (Å²) in [6, 6.07) is 8.01. The first-order valence-electron chi connectivity index (χ1n) is 16.5. The van der Waals surface area contributed by atoms with Gasteiger partial charge in [-0.3, -0.25) is 19.2 Å². The summed E-state index contributed by atoms with van der Waals surface area (Å²) in [5.74, 6) is -0.413. The largest absolute Gasteiger partial charge is 0.362 e. The van der Waals surface area contributed by atoms with Crippen LogP contribution in [0.4, 0.5) is 0 Å². The molecule has 1 aromatic heterocycles. The van der Waals surface area contributed by atoms with E-state index in [1.807, 2.05) is 56.6 Å². The van der Waals surface area contributed by atoms with E-state index >= 15 is 0 Å². The number of nitrogens with zero attached hydrogens (tertiary/aromatic N) is 3. The summed E-state index contributed by atoms with van der Waals surface area (Å²) in [6.07, 6.45) is 6.67. The number of ether oxygens (including phenoxy) is 1. The summed E-state index contributed by atoms with van der Waals surface area (Å²) in [5.41, 5.74) is 3.14. The maximum atomic E-state index is 12.8. The number of aromatic nitrogens is 3. The Bertz CT molecular complexity index is 1320. The monoisotopic (exact) mass is 639 g/mol. The molecule has 1 aliphatic rings. The lowest BCUT2D eigenvalue weighted by atomic mass is 9.94. The van der Waals surface area contributed by atoms with Crippen molar-refractivity contribution in [1.82, 2.24) is 36.3 Å². The fourth-order valence-electron chi connectivity index (χ4n) is 5.89. The molecule has 4 amide bonds. The van der Waals surface area contributed by atoms with Crippen molar-refractivity contribution in [3.05, 3.63) is 46.8 Å². The van der Waals surface area contributed by atoms with Gasteiger partial charge in [0, 0.05) is 51.0 Å². The van der Waals surface area contributed by atoms with Crippen LogP contribution in [0.1, 0.15) is 115 Å². The van der Waals surface area contributed by atoms with Gasteiger partial charge in [0.15, 0.2) is 0 Å². The first-order valence-corrected chi connectivity index (χ1v) is 16.5. The molecular formula is C34H53N7O5. The minimum atomic E-state index is -0.439. The summed E-state index contributed by atoms with van der Waals surface area (Å²) in [5, 5.41) is 20.6. The van der Waals surface area contributed by atoms with Gasteiger partial charge >= 0.3 is 0 Å². The van der Waals surface area contributed by atoms with Gasteiger partial charge in [-0.1, -0.05) is 42.3 Å². The normalized spacial score (nSPS) is 15.2. The molecule has 0 saturated heterocycles. The van der Waals surface area contributed by atoms with Crippen molar-refractivity contribution < 1.29 is 23.9 Å². The van der Waals surface area contributed by atoms with Gasteiger partial charge < -0.3 is 26.0 Å². The molecule has 1 aliphatic carbocycles. The van der Waals surface area contributed by atoms with Gasteiger partial charge in [-0.15, -0.1) is 5.10 Å². The van der Waals surface area contributed by atoms with E-state index < -0.39 is 5.54 Å². The summed E-state index contributed by atoms with van der Waals surface area (Å²) in [6.45, 7) is 12.2. The van der Waals surface area contributed by atoms with Gasteiger partial charge in [0.2, 0.25) is 23.6 Å². The second kappa shape index (κ2) is 17.2. The molecule has 1 unspecified atom stereocenters. The molecule has 0 aliphatic heterocycles. The molecule has 0 radical (unpaired) electrons. The van der Waals surface area contributed by atoms with Crippen LogP contribution in [0.15, 0.2) is 24.3 Å². The number of aryl methyl sites for hydroxylation is 2. The molecule has 4 N–H and O–H groups in total. The fourth-order valence-corrected chi connectivity index (χ4v) is 5.89. The lowest BCUT2D eigenvalue weighted by molar-refractivity contribution is -0.128. The molecular weight excluding hydrogens is 586 g/mol. The summed E-state index contributed by atoms with van der Waals surface area (Å²) >= 11 is 0. The number of carbonyl (C=O) groups is 4. The Morgan fingerprint density at radius 1 is 0.891 bits per heavy atom. The number of hydrogen-bond acceptors (Lipinski definition) is 7. The van der Waals surface area contributed by atoms with Crippen LogP contribution in [0.5, 0.6) is 0 Å². The van der Waals surface area contributed by atoms with Gasteiger partial charge in [0.05, 0.1) is 11.4 Å². The van der Waals surface area contributed by atoms with Crippen molar-refractivity contribution in [1.29, 1.82) is 0 Å². The standard InChI is InChI=1S/C34H53N7O5/c1-24(42)37-33(3,4)18-17-30(44)35-19-10-20-41-32-28(39-40-41)11-8-7-9-12-29(32)46-23-31(45)36-22-27-15-13-26(14-16-27)21-34(5,6)38-25(2)43/h13-16,29H,7-12,17-23H2,1-6H3,(H,35,44)(H,36,45)(H,37,42)(H,38,43). The van der Waals surface area contributed by atoms with E-state index in [2.05, 4.69) is 31.6 Å². The van der Waals surface area contributed by atoms with Crippen LogP contribution in [0.2, 0.25) is 0 Å². The highest BCUT2D eigenvalue weighted by molar-refractivity contribution is 5.77. The van der Waals surface area contributed by atoms with Crippen LogP contribution in [-0.2, 0) is 49.8 Å². The zero-order valence-corrected chi connectivity index (χ0v) is 28.5. The third kappa shape index (κ3) is 12.9. The van der Waals surface area contributed by atoms with Gasteiger partial charge in [-0.2, -0.15) is 0 Å². The molecule has 12 nitrogen and oxygen atoms in total. The van der Waals surface area contributed by atoms with Crippen LogP contribution < -0.4 is 21.3 Å². The van der Waals surface area contributed by atoms with E-state index in [0.29, 0.717) is 45.3 Å². The summed E-state index contributed by atoms with van der Waals surface area (Å²) in [7, 11) is 0. The molecule has 0 saturated carbocycles. The van der Waals surface area contributed by atoms with Gasteiger partial charge in [0.1, 0.15) is 12.7 Å². The third-order valence-corrected chi connectivity index (χ3v) is 7.98. The maximum Gasteiger partial charge on any atom is 0.246 e. The Morgan fingerprint density at radius 2 is 1.57 bits per heavy atom. The van der Waals surface area contributed by atoms with Crippen LogP contribution >= 0.6 is 0 Å². The molecule has 0 bridgehead atoms. The Labute approximate surface area is 273 Å². The molecule has 0 fully saturated rings. The minimum Gasteiger partial charge on any atom is -0.362 e. The van der Waals surface area contributed by atoms with E-state index in [0.717, 1.165) is 54.6 Å². The van der Waals surface area contributed by atoms with Crippen LogP contribution in [-0.4, -0.2) is 62.9 Å². The molecule has 0 spiro atoms. The van der Waals surface area contributed by atoms with Gasteiger partial charge in [-0.05, 0) is 77.3 Å². The number of nitrogens with one attached hydrogen (secondary N) is 4. The average molecular weight is 640 g/mol. The predicted octanol–water partition coefficient (Wildman–Crippen LogP) is 3.43. The van der Waals surface area contributed by atoms with Crippen molar-refractivity contribution in [3.8, 4) is 0 Å². The topological polar surface area (TPSA) is 156 Å². The lowest BCUT2D eigenvalue weighted by Crippen LogP contribution is -2.43. The highest BCUT2D eigenvalue weighted by Gasteiger charge is 2.26. The van der Waals surface area contributed by atoms with E-state index in [-0.39, 0.29) is 41.9 Å². The SMILES string of the molecule is CC(=O)NC(C)(C)CCC(=O)NCCCn1nnc2c1C(OCC(=O)NCc1ccc(CC(C)(C)NC(C)=O)cc1)CCCCC2. The Kier molecular flexibility index (Phi) is 13.7. The van der Waals surface area contributed by atoms with Crippen molar-refractivity contribution in [2.75, 3.05) is 13.2 Å². The Hall–Kier alpha value is -3.80. The van der Waals surface area contributed by atoms with E-state index in [1.54, 1.807) is 0 Å². The van der Waals surface area contributed by atoms with E-state index in [4.69, 9.17) is 4.74 Å². The first kappa shape index (κ1) is 36.7. The van der Waals surface area contributed by atoms with Crippen LogP contribution in [0.3, 0.4) is 0 Å². The van der Waals surface area contributed by atoms with Crippen LogP contribution in [0, 0.1) is 0 Å². The van der Waals surface area contributed by atoms with Crippen molar-refractivity contribution in [2.24, 2.45) is 0 Å². The number of carbonyl (C=O) groups excluding carboxylic acids is 4. The molecule has 46 heavy (non-hydrogen) atoms. The molecule has 1 heterocycles. The Morgan fingerprint density at radius 3 is 2.26 bits per heavy atom. The van der Waals surface area contributed by atoms with Gasteiger partial charge in [-0.25, -0.2) is 4.68 Å². The fraction of sp³-hybridized carbons (Fsp3) is 0.647. The number of amides is 4. The van der Waals surface area contributed by atoms with Crippen molar-refractivity contribution in [3.63, 3.8) is 0 Å². The molecule has 12 heteroatoms. The number of rotatable bonds is 16. The molecule has 254 valence electrons. The summed E-state index contributed by atoms with van der Waals surface area (Å²) < 4.78 is 8.05. The first-order chi connectivity index (χ1) is 21.7. The molecule has 3 rings (SSSR count). The van der Waals surface area contributed by atoms with Crippen molar-refractivity contribution in [2.45, 2.75) is 130 Å². The zero-order chi connectivity index (χ0) is 33.7. The second-order valence-electron chi connectivity index (χ2n) is 13.6. The average Bonchev–Trinajstić information content (AvgIpc) is 3.33. The smallest absolute Gasteiger partial charge is 0.246 e. The van der Waals surface area contributed by atoms with Crippen molar-refractivity contribution >= 4 is 23.6 Å². The zero-order valence-electron chi connectivity index (χ0n) is 28.5. The second-order valence-corrected chi connectivity index (χ2v) is 13.6. The highest BCUT2D eigenvalue weighted by Crippen LogP contribution is 2.30. The number of benzene rings is 1. The van der Waals surface area contributed by atoms with E-state index in [1.165, 1.54) is 13.8 Å². The number of fused-ring (bicyclic) bond motifs is 1. The molecule has 2 aromatic rings. The van der Waals surface area contributed by atoms with E-state index in [9.17, 15) is 19.2 Å². The minimum absolute atomic E-state index is 0.0542. The number of hydrogen-bond donors (Lipinski definition) is 4. The Balaban J connectivity index is 1.48. The van der Waals surface area contributed by atoms with Gasteiger partial charge in [0.25, 0.3) is 0 Å². The quantitative estimate of drug-likeness (QED) is 0.205. The predicted molar refractivity (Wildman–Crippen MR) is 176 cm³/mol. The van der Waals surface area contributed by atoms with Crippen LogP contribution in [0.25, 0.3) is 0 Å². The lowest BCUT2D eigenvalue weighted by Gasteiger charge is -2.25. The molecule has 1 aromatic carbocycles.